The van der Waals surface area contributed by atoms with Crippen LogP contribution in [0.3, 0.4) is 0 Å². The van der Waals surface area contributed by atoms with Crippen molar-refractivity contribution in [3.8, 4) is 0 Å². The largest absolute Gasteiger partial charge is 0.461 e. The van der Waals surface area contributed by atoms with E-state index in [9.17, 15) is 29.5 Å². The zero-order chi connectivity index (χ0) is 39.8. The van der Waals surface area contributed by atoms with E-state index in [2.05, 4.69) is 30.6 Å². The highest BCUT2D eigenvalue weighted by Gasteiger charge is 2.58. The van der Waals surface area contributed by atoms with Crippen molar-refractivity contribution in [3.05, 3.63) is 33.2 Å². The zero-order valence-corrected chi connectivity index (χ0v) is 32.2. The second-order valence-corrected chi connectivity index (χ2v) is 15.3. The molecule has 1 aromatic heterocycles. The minimum absolute atomic E-state index is 0.101. The van der Waals surface area contributed by atoms with Gasteiger partial charge in [-0.25, -0.2) is 29.0 Å². The van der Waals surface area contributed by atoms with Crippen LogP contribution in [0.25, 0.3) is 10.4 Å². The Balaban J connectivity index is 2.57. The van der Waals surface area contributed by atoms with Gasteiger partial charge in [0.1, 0.15) is 42.2 Å². The van der Waals surface area contributed by atoms with E-state index in [4.69, 9.17) is 23.7 Å². The molecule has 19 heteroatoms. The minimum Gasteiger partial charge on any atom is -0.461 e. The van der Waals surface area contributed by atoms with Gasteiger partial charge in [-0.3, -0.25) is 4.57 Å². The summed E-state index contributed by atoms with van der Waals surface area (Å²) in [6.45, 7) is 17.4. The average molecular weight is 736 g/mol. The molecule has 2 N–H and O–H groups in total. The van der Waals surface area contributed by atoms with Gasteiger partial charge in [0, 0.05) is 31.1 Å². The van der Waals surface area contributed by atoms with Gasteiger partial charge in [0.25, 0.3) is 0 Å². The highest BCUT2D eigenvalue weighted by atomic mass is 16.6. The van der Waals surface area contributed by atoms with E-state index in [1.54, 1.807) is 95.2 Å². The summed E-state index contributed by atoms with van der Waals surface area (Å²) in [4.78, 5) is 78.4. The maximum atomic E-state index is 13.8. The first-order valence-electron chi connectivity index (χ1n) is 16.8. The molecule has 0 saturated carbocycles. The second-order valence-electron chi connectivity index (χ2n) is 15.3. The normalized spacial score (nSPS) is 21.6. The SMILES string of the molecule is CC(C)[C@H](NC(=O)OC(C)(C)C)C(=O)O[C@H]1[C@H](C)[C@H](n2ccc(N=CN(C)C)nc2=O)O[C@@]1(COC(=O)[C@H](NC(=O)OC(C)(C)C)C(C)C)N=[N+]=[N-]. The van der Waals surface area contributed by atoms with Crippen molar-refractivity contribution in [1.82, 2.24) is 25.1 Å². The van der Waals surface area contributed by atoms with Crippen molar-refractivity contribution in [1.29, 1.82) is 0 Å². The first kappa shape index (κ1) is 43.3. The smallest absolute Gasteiger partial charge is 0.408 e. The monoisotopic (exact) mass is 735 g/mol. The molecule has 0 aliphatic carbocycles. The van der Waals surface area contributed by atoms with Gasteiger partial charge < -0.3 is 39.2 Å². The van der Waals surface area contributed by atoms with Crippen LogP contribution >= 0.6 is 0 Å². The number of azide groups is 1. The fraction of sp³-hybridized carbons (Fsp3) is 0.727. The van der Waals surface area contributed by atoms with Gasteiger partial charge in [-0.2, -0.15) is 4.98 Å². The molecule has 1 aliphatic rings. The average Bonchev–Trinajstić information content (AvgIpc) is 3.25. The van der Waals surface area contributed by atoms with Crippen molar-refractivity contribution in [3.63, 3.8) is 0 Å². The summed E-state index contributed by atoms with van der Waals surface area (Å²) >= 11 is 0. The quantitative estimate of drug-likeness (QED) is 0.0552. The number of esters is 2. The maximum Gasteiger partial charge on any atom is 0.408 e. The number of nitrogens with zero attached hydrogens (tertiary/aromatic N) is 7. The van der Waals surface area contributed by atoms with E-state index in [0.717, 1.165) is 4.57 Å². The number of ether oxygens (including phenoxy) is 5. The van der Waals surface area contributed by atoms with Crippen molar-refractivity contribution in [2.24, 2.45) is 27.9 Å². The molecule has 52 heavy (non-hydrogen) atoms. The molecule has 19 nitrogen and oxygen atoms in total. The highest BCUT2D eigenvalue weighted by Crippen LogP contribution is 2.44. The van der Waals surface area contributed by atoms with E-state index in [1.807, 2.05) is 0 Å². The fourth-order valence-electron chi connectivity index (χ4n) is 4.93. The molecule has 0 bridgehead atoms. The number of carbonyl (C=O) groups is 4. The van der Waals surface area contributed by atoms with Crippen LogP contribution in [0.2, 0.25) is 0 Å². The van der Waals surface area contributed by atoms with Crippen LogP contribution in [0.5, 0.6) is 0 Å². The first-order chi connectivity index (χ1) is 23.9. The molecule has 1 aromatic rings. The Morgan fingerprint density at radius 2 is 1.54 bits per heavy atom. The summed E-state index contributed by atoms with van der Waals surface area (Å²) in [5, 5.41) is 8.82. The van der Waals surface area contributed by atoms with Gasteiger partial charge in [0.2, 0.25) is 5.72 Å². The molecule has 0 spiro atoms. The van der Waals surface area contributed by atoms with Crippen LogP contribution in [-0.2, 0) is 33.3 Å². The number of alkyl carbamates (subject to hydrolysis) is 2. The predicted molar refractivity (Wildman–Crippen MR) is 188 cm³/mol. The Morgan fingerprint density at radius 3 is 1.98 bits per heavy atom. The summed E-state index contributed by atoms with van der Waals surface area (Å²) in [5.41, 5.74) is 4.99. The Labute approximate surface area is 303 Å². The standard InChI is InChI=1S/C33H53N9O10/c1-18(2)22(37-29(46)51-31(6,7)8)26(43)48-16-33(39-40-34)24(49-27(44)23(19(3)4)38-30(47)52-32(9,10)11)20(5)25(50-33)42-15-14-21(36-28(42)45)35-17-41(12)13/h14-15,17-20,22-25H,16H2,1-13H3,(H,37,46)(H,38,47)/t20-,22+,23-,24-,25+,33+/m0/s1. The Kier molecular flexibility index (Phi) is 14.6. The van der Waals surface area contributed by atoms with E-state index >= 15 is 0 Å². The maximum absolute atomic E-state index is 13.8. The molecule has 6 atom stereocenters. The Morgan fingerprint density at radius 1 is 1.02 bits per heavy atom. The second kappa shape index (κ2) is 17.5. The lowest BCUT2D eigenvalue weighted by Crippen LogP contribution is -2.53. The molecule has 2 amide bonds. The lowest BCUT2D eigenvalue weighted by Gasteiger charge is -2.32. The van der Waals surface area contributed by atoms with Gasteiger partial charge in [0.15, 0.2) is 5.82 Å². The minimum atomic E-state index is -2.24. The van der Waals surface area contributed by atoms with E-state index in [0.29, 0.717) is 0 Å². The van der Waals surface area contributed by atoms with Crippen molar-refractivity contribution in [2.45, 2.75) is 118 Å². The van der Waals surface area contributed by atoms with Gasteiger partial charge in [-0.05, 0) is 65.0 Å². The van der Waals surface area contributed by atoms with Crippen LogP contribution in [0, 0.1) is 17.8 Å². The summed E-state index contributed by atoms with van der Waals surface area (Å²) in [7, 11) is 3.48. The van der Waals surface area contributed by atoms with Crippen LogP contribution in [0.1, 0.15) is 82.4 Å². The van der Waals surface area contributed by atoms with Crippen LogP contribution in [0.4, 0.5) is 15.4 Å². The third kappa shape index (κ3) is 12.4. The fourth-order valence-corrected chi connectivity index (χ4v) is 4.93. The number of rotatable bonds is 13. The van der Waals surface area contributed by atoms with E-state index in [1.165, 1.54) is 18.6 Å². The van der Waals surface area contributed by atoms with Crippen LogP contribution in [-0.4, -0.2) is 101 Å². The molecule has 2 rings (SSSR count). The molecule has 0 radical (unpaired) electrons. The molecule has 0 aromatic carbocycles. The van der Waals surface area contributed by atoms with Crippen molar-refractivity contribution in [2.75, 3.05) is 20.7 Å². The van der Waals surface area contributed by atoms with Gasteiger partial charge in [0.05, 0.1) is 6.34 Å². The Hall–Kier alpha value is -4.90. The number of amides is 2. The van der Waals surface area contributed by atoms with Gasteiger partial charge in [-0.15, -0.1) is 0 Å². The van der Waals surface area contributed by atoms with Crippen LogP contribution < -0.4 is 16.3 Å². The van der Waals surface area contributed by atoms with E-state index < -0.39 is 95.5 Å². The molecule has 1 aliphatic heterocycles. The number of aromatic nitrogens is 2. The Bertz CT molecular complexity index is 1570. The van der Waals surface area contributed by atoms with Crippen molar-refractivity contribution < 1.29 is 42.9 Å². The number of carbonyl (C=O) groups excluding carboxylic acids is 4. The number of hydrogen-bond acceptors (Lipinski definition) is 13. The number of aliphatic imine (C=N–C) groups is 1. The zero-order valence-electron chi connectivity index (χ0n) is 32.2. The molecule has 1 saturated heterocycles. The predicted octanol–water partition coefficient (Wildman–Crippen LogP) is 4.19. The molecule has 1 fully saturated rings. The lowest BCUT2D eigenvalue weighted by atomic mass is 9.97. The molecular formula is C33H53N9O10. The highest BCUT2D eigenvalue weighted by molar-refractivity contribution is 5.82. The summed E-state index contributed by atoms with van der Waals surface area (Å²) < 4.78 is 29.5. The molecule has 2 heterocycles. The topological polar surface area (TPSA) is 238 Å². The summed E-state index contributed by atoms with van der Waals surface area (Å²) in [6.07, 6.45) is -1.70. The molecule has 290 valence electrons. The third-order valence-electron chi connectivity index (χ3n) is 7.27. The number of nitrogens with one attached hydrogen (secondary N) is 2. The van der Waals surface area contributed by atoms with Crippen LogP contribution in [0.15, 0.2) is 27.2 Å². The summed E-state index contributed by atoms with van der Waals surface area (Å²) in [6, 6.07) is -1.01. The molecular weight excluding hydrogens is 682 g/mol. The van der Waals surface area contributed by atoms with Gasteiger partial charge >= 0.3 is 29.8 Å². The van der Waals surface area contributed by atoms with Gasteiger partial charge in [-0.1, -0.05) is 39.7 Å². The summed E-state index contributed by atoms with van der Waals surface area (Å²) in [5.74, 6) is -3.72. The molecule has 0 unspecified atom stereocenters. The third-order valence-corrected chi connectivity index (χ3v) is 7.27. The lowest BCUT2D eigenvalue weighted by molar-refractivity contribution is -0.180. The number of hydrogen-bond donors (Lipinski definition) is 2. The van der Waals surface area contributed by atoms with Crippen molar-refractivity contribution >= 4 is 36.3 Å². The van der Waals surface area contributed by atoms with E-state index in [-0.39, 0.29) is 5.82 Å². The first-order valence-corrected chi connectivity index (χ1v) is 16.8.